The Morgan fingerprint density at radius 2 is 1.76 bits per heavy atom. The molecule has 0 spiro atoms. The second kappa shape index (κ2) is 7.81. The molecule has 152 valence electrons. The van der Waals surface area contributed by atoms with Gasteiger partial charge in [0, 0.05) is 18.0 Å². The molecule has 1 aromatic carbocycles. The van der Waals surface area contributed by atoms with Crippen LogP contribution in [0.2, 0.25) is 0 Å². The highest BCUT2D eigenvalue weighted by atomic mass is 16.5. The fourth-order valence-electron chi connectivity index (χ4n) is 4.32. The van der Waals surface area contributed by atoms with E-state index in [1.165, 1.54) is 6.42 Å². The zero-order valence-corrected chi connectivity index (χ0v) is 16.7. The van der Waals surface area contributed by atoms with Gasteiger partial charge in [-0.2, -0.15) is 0 Å². The first kappa shape index (κ1) is 19.4. The molecule has 1 fully saturated rings. The second-order valence-corrected chi connectivity index (χ2v) is 7.89. The topological polar surface area (TPSA) is 92.5 Å². The first-order chi connectivity index (χ1) is 14.0. The van der Waals surface area contributed by atoms with E-state index in [9.17, 15) is 14.4 Å². The van der Waals surface area contributed by atoms with Crippen LogP contribution in [0.15, 0.2) is 28.8 Å². The summed E-state index contributed by atoms with van der Waals surface area (Å²) in [5.41, 5.74) is 2.10. The zero-order valence-electron chi connectivity index (χ0n) is 16.7. The Morgan fingerprint density at radius 1 is 1.14 bits per heavy atom. The lowest BCUT2D eigenvalue weighted by molar-refractivity contribution is -0.126. The van der Waals surface area contributed by atoms with Crippen LogP contribution in [0.1, 0.15) is 69.8 Å². The molecule has 1 N–H and O–H groups in total. The van der Waals surface area contributed by atoms with Gasteiger partial charge in [-0.3, -0.25) is 19.3 Å². The average Bonchev–Trinajstić information content (AvgIpc) is 3.17. The van der Waals surface area contributed by atoms with Crippen LogP contribution in [0.5, 0.6) is 0 Å². The van der Waals surface area contributed by atoms with Crippen molar-refractivity contribution in [1.82, 2.24) is 15.4 Å². The lowest BCUT2D eigenvalue weighted by Crippen LogP contribution is -2.53. The van der Waals surface area contributed by atoms with Gasteiger partial charge in [-0.05, 0) is 38.8 Å². The molecular formula is C22H25N3O4. The highest BCUT2D eigenvalue weighted by molar-refractivity contribution is 6.22. The van der Waals surface area contributed by atoms with E-state index in [-0.39, 0.29) is 18.4 Å². The van der Waals surface area contributed by atoms with Gasteiger partial charge in [-0.1, -0.05) is 36.6 Å². The number of hydrogen-bond acceptors (Lipinski definition) is 5. The van der Waals surface area contributed by atoms with Crippen molar-refractivity contribution in [1.29, 1.82) is 0 Å². The van der Waals surface area contributed by atoms with Crippen LogP contribution >= 0.6 is 0 Å². The van der Waals surface area contributed by atoms with Crippen molar-refractivity contribution >= 4 is 17.7 Å². The largest absolute Gasteiger partial charge is 0.361 e. The highest BCUT2D eigenvalue weighted by Crippen LogP contribution is 2.28. The number of nitrogens with zero attached hydrogens (tertiary/aromatic N) is 2. The summed E-state index contributed by atoms with van der Waals surface area (Å²) in [6, 6.07) is 5.83. The third kappa shape index (κ3) is 3.57. The number of imide groups is 1. The Hall–Kier alpha value is -2.96. The van der Waals surface area contributed by atoms with Crippen molar-refractivity contribution in [2.45, 2.75) is 64.5 Å². The molecular weight excluding hydrogens is 370 g/mol. The van der Waals surface area contributed by atoms with E-state index in [0.717, 1.165) is 36.1 Å². The minimum Gasteiger partial charge on any atom is -0.361 e. The Kier molecular flexibility index (Phi) is 5.22. The Labute approximate surface area is 169 Å². The minimum absolute atomic E-state index is 0.0820. The molecule has 2 aliphatic rings. The quantitative estimate of drug-likeness (QED) is 0.786. The molecule has 1 unspecified atom stereocenters. The number of hydrogen-bond donors (Lipinski definition) is 1. The van der Waals surface area contributed by atoms with E-state index in [0.29, 0.717) is 22.6 Å². The average molecular weight is 395 g/mol. The van der Waals surface area contributed by atoms with Crippen LogP contribution in [-0.2, 0) is 11.2 Å². The van der Waals surface area contributed by atoms with E-state index >= 15 is 0 Å². The zero-order chi connectivity index (χ0) is 20.5. The summed E-state index contributed by atoms with van der Waals surface area (Å²) in [6.07, 6.45) is 5.36. The number of carbonyl (C=O) groups is 3. The Bertz CT molecular complexity index is 904. The van der Waals surface area contributed by atoms with Crippen LogP contribution in [0.4, 0.5) is 0 Å². The molecule has 0 saturated heterocycles. The van der Waals surface area contributed by atoms with Crippen molar-refractivity contribution in [2.75, 3.05) is 0 Å². The van der Waals surface area contributed by atoms with Crippen molar-refractivity contribution < 1.29 is 18.9 Å². The molecule has 1 aliphatic heterocycles. The summed E-state index contributed by atoms with van der Waals surface area (Å²) >= 11 is 0. The van der Waals surface area contributed by atoms with Crippen LogP contribution < -0.4 is 5.32 Å². The number of carbonyl (C=O) groups excluding carboxylic acids is 3. The lowest BCUT2D eigenvalue weighted by atomic mass is 9.94. The van der Waals surface area contributed by atoms with Crippen molar-refractivity contribution in [3.05, 3.63) is 52.4 Å². The number of rotatable bonds is 5. The number of fused-ring (bicyclic) bond motifs is 1. The summed E-state index contributed by atoms with van der Waals surface area (Å²) in [5, 5.41) is 7.03. The van der Waals surface area contributed by atoms with E-state index in [2.05, 4.69) is 10.5 Å². The lowest BCUT2D eigenvalue weighted by Gasteiger charge is -2.29. The number of benzene rings is 1. The second-order valence-electron chi connectivity index (χ2n) is 7.89. The summed E-state index contributed by atoms with van der Waals surface area (Å²) in [5.74, 6) is -0.566. The summed E-state index contributed by atoms with van der Waals surface area (Å²) in [6.45, 7) is 3.57. The highest BCUT2D eigenvalue weighted by Gasteiger charge is 2.43. The van der Waals surface area contributed by atoms with Crippen molar-refractivity contribution in [3.8, 4) is 0 Å². The van der Waals surface area contributed by atoms with Crippen LogP contribution in [-0.4, -0.2) is 39.9 Å². The van der Waals surface area contributed by atoms with Crippen LogP contribution in [0.25, 0.3) is 0 Å². The maximum absolute atomic E-state index is 13.3. The minimum atomic E-state index is -0.943. The number of nitrogens with one attached hydrogen (secondary N) is 1. The smallest absolute Gasteiger partial charge is 0.262 e. The molecule has 29 heavy (non-hydrogen) atoms. The van der Waals surface area contributed by atoms with Gasteiger partial charge in [0.2, 0.25) is 5.91 Å². The number of aryl methyl sites for hydroxylation is 2. The molecule has 0 bridgehead atoms. The third-order valence-corrected chi connectivity index (χ3v) is 5.97. The van der Waals surface area contributed by atoms with Gasteiger partial charge in [0.15, 0.2) is 0 Å². The monoisotopic (exact) mass is 395 g/mol. The van der Waals surface area contributed by atoms with Gasteiger partial charge in [0.25, 0.3) is 11.8 Å². The van der Waals surface area contributed by atoms with Crippen molar-refractivity contribution in [2.24, 2.45) is 0 Å². The molecule has 7 nitrogen and oxygen atoms in total. The van der Waals surface area contributed by atoms with Gasteiger partial charge in [-0.25, -0.2) is 0 Å². The summed E-state index contributed by atoms with van der Waals surface area (Å²) < 4.78 is 5.23. The molecule has 7 heteroatoms. The van der Waals surface area contributed by atoms with Gasteiger partial charge in [0.05, 0.1) is 16.8 Å². The Morgan fingerprint density at radius 3 is 2.31 bits per heavy atom. The predicted octanol–water partition coefficient (Wildman–Crippen LogP) is 2.95. The molecule has 3 amide bonds. The molecule has 1 atom stereocenters. The summed E-state index contributed by atoms with van der Waals surface area (Å²) in [7, 11) is 0. The van der Waals surface area contributed by atoms with Gasteiger partial charge < -0.3 is 9.84 Å². The van der Waals surface area contributed by atoms with Crippen molar-refractivity contribution in [3.63, 3.8) is 0 Å². The number of amides is 3. The van der Waals surface area contributed by atoms with E-state index in [4.69, 9.17) is 4.52 Å². The van der Waals surface area contributed by atoms with Gasteiger partial charge >= 0.3 is 0 Å². The van der Waals surface area contributed by atoms with E-state index < -0.39 is 17.9 Å². The molecule has 1 aliphatic carbocycles. The van der Waals surface area contributed by atoms with Gasteiger partial charge in [-0.15, -0.1) is 0 Å². The van der Waals surface area contributed by atoms with Crippen LogP contribution in [0, 0.1) is 13.8 Å². The predicted molar refractivity (Wildman–Crippen MR) is 105 cm³/mol. The summed E-state index contributed by atoms with van der Waals surface area (Å²) in [4.78, 5) is 40.4. The maximum Gasteiger partial charge on any atom is 0.262 e. The fraction of sp³-hybridized carbons (Fsp3) is 0.455. The SMILES string of the molecule is Cc1noc(C)c1CC(C(=O)NC1CCCCC1)N1C(=O)c2ccccc2C1=O. The van der Waals surface area contributed by atoms with E-state index in [1.54, 1.807) is 38.1 Å². The van der Waals surface area contributed by atoms with E-state index in [1.807, 2.05) is 0 Å². The molecule has 1 aromatic heterocycles. The normalized spacial score (nSPS) is 18.1. The van der Waals surface area contributed by atoms with Gasteiger partial charge in [0.1, 0.15) is 11.8 Å². The molecule has 0 radical (unpaired) electrons. The molecule has 2 aromatic rings. The Balaban J connectivity index is 1.66. The first-order valence-electron chi connectivity index (χ1n) is 10.2. The maximum atomic E-state index is 13.3. The third-order valence-electron chi connectivity index (χ3n) is 5.97. The first-order valence-corrected chi connectivity index (χ1v) is 10.2. The molecule has 4 rings (SSSR count). The number of aromatic nitrogens is 1. The standard InChI is InChI=1S/C22H25N3O4/c1-13-18(14(2)29-24-13)12-19(20(26)23-15-8-4-3-5-9-15)25-21(27)16-10-6-7-11-17(16)22(25)28/h6-7,10-11,15,19H,3-5,8-9,12H2,1-2H3,(H,23,26). The fourth-order valence-corrected chi connectivity index (χ4v) is 4.32. The van der Waals surface area contributed by atoms with Crippen LogP contribution in [0.3, 0.4) is 0 Å². The molecule has 1 saturated carbocycles. The molecule has 2 heterocycles.